The topological polar surface area (TPSA) is 43.2 Å². The zero-order valence-electron chi connectivity index (χ0n) is 23.6. The molecule has 0 fully saturated rings. The van der Waals surface area contributed by atoms with E-state index in [2.05, 4.69) is 57.1 Å². The van der Waals surface area contributed by atoms with Crippen LogP contribution in [-0.2, 0) is 9.47 Å². The first-order chi connectivity index (χ1) is 17.0. The van der Waals surface area contributed by atoms with Gasteiger partial charge in [-0.3, -0.25) is 9.98 Å². The van der Waals surface area contributed by atoms with E-state index in [1.54, 1.807) is 24.3 Å². The first kappa shape index (κ1) is 32.9. The molecule has 0 unspecified atom stereocenters. The summed E-state index contributed by atoms with van der Waals surface area (Å²) < 4.78 is 12.2. The minimum absolute atomic E-state index is 0.271. The Hall–Kier alpha value is -3.14. The van der Waals surface area contributed by atoms with Crippen LogP contribution in [0.1, 0.15) is 67.2 Å². The van der Waals surface area contributed by atoms with Crippen LogP contribution in [0.2, 0.25) is 0 Å². The Labute approximate surface area is 221 Å². The Morgan fingerprint density at radius 2 is 1.14 bits per heavy atom. The third-order valence-electron chi connectivity index (χ3n) is 4.95. The highest BCUT2D eigenvalue weighted by atomic mass is 16.5. The van der Waals surface area contributed by atoms with Crippen molar-refractivity contribution in [2.45, 2.75) is 78.4 Å². The molecule has 0 N–H and O–H groups in total. The van der Waals surface area contributed by atoms with Crippen molar-refractivity contribution in [3.8, 4) is 0 Å². The molecule has 0 saturated heterocycles. The number of hydrogen-bond donors (Lipinski definition) is 0. The van der Waals surface area contributed by atoms with Crippen LogP contribution in [0.15, 0.2) is 108 Å². The summed E-state index contributed by atoms with van der Waals surface area (Å²) in [6, 6.07) is 0. The Morgan fingerprint density at radius 1 is 0.694 bits per heavy atom. The van der Waals surface area contributed by atoms with Gasteiger partial charge in [0.2, 0.25) is 0 Å². The summed E-state index contributed by atoms with van der Waals surface area (Å²) in [6.07, 6.45) is 22.2. The number of rotatable bonds is 18. The Balaban J connectivity index is 4.99. The van der Waals surface area contributed by atoms with Gasteiger partial charge in [-0.05, 0) is 84.6 Å². The van der Waals surface area contributed by atoms with Gasteiger partial charge < -0.3 is 9.47 Å². The number of hydrogen-bond acceptors (Lipinski definition) is 4. The molecule has 36 heavy (non-hydrogen) atoms. The highest BCUT2D eigenvalue weighted by molar-refractivity contribution is 5.84. The van der Waals surface area contributed by atoms with E-state index in [-0.39, 0.29) is 11.2 Å². The molecule has 0 aromatic rings. The molecule has 0 atom stereocenters. The predicted molar refractivity (Wildman–Crippen MR) is 160 cm³/mol. The number of unbranched alkanes of at least 4 members (excludes halogenated alkanes) is 2. The molecule has 0 bridgehead atoms. The van der Waals surface area contributed by atoms with Crippen LogP contribution < -0.4 is 0 Å². The maximum absolute atomic E-state index is 6.15. The van der Waals surface area contributed by atoms with Gasteiger partial charge in [-0.15, -0.1) is 0 Å². The molecule has 0 heterocycles. The minimum atomic E-state index is -0.313. The zero-order chi connectivity index (χ0) is 27.5. The van der Waals surface area contributed by atoms with E-state index in [0.29, 0.717) is 5.76 Å². The lowest BCUT2D eigenvalue weighted by Crippen LogP contribution is -2.22. The second-order valence-corrected chi connectivity index (χ2v) is 9.80. The second kappa shape index (κ2) is 18.2. The van der Waals surface area contributed by atoms with Gasteiger partial charge in [0.25, 0.3) is 0 Å². The van der Waals surface area contributed by atoms with E-state index in [1.807, 2.05) is 57.5 Å². The van der Waals surface area contributed by atoms with E-state index in [1.165, 1.54) is 0 Å². The van der Waals surface area contributed by atoms with Gasteiger partial charge in [0.05, 0.1) is 0 Å². The Morgan fingerprint density at radius 3 is 1.50 bits per heavy atom. The molecule has 198 valence electrons. The molecule has 4 nitrogen and oxygen atoms in total. The molecule has 0 aliphatic rings. The van der Waals surface area contributed by atoms with Crippen molar-refractivity contribution < 1.29 is 9.47 Å². The summed E-state index contributed by atoms with van der Waals surface area (Å²) >= 11 is 0. The fourth-order valence-corrected chi connectivity index (χ4v) is 2.77. The van der Waals surface area contributed by atoms with Crippen molar-refractivity contribution in [2.24, 2.45) is 9.98 Å². The van der Waals surface area contributed by atoms with Gasteiger partial charge in [-0.1, -0.05) is 57.5 Å². The number of allylic oxidation sites excluding steroid dienone is 10. The van der Waals surface area contributed by atoms with Crippen LogP contribution in [0.5, 0.6) is 0 Å². The highest BCUT2D eigenvalue weighted by Crippen LogP contribution is 2.21. The normalized spacial score (nSPS) is 14.3. The molecule has 4 heteroatoms. The molecule has 0 rings (SSSR count). The van der Waals surface area contributed by atoms with E-state index < -0.39 is 0 Å². The van der Waals surface area contributed by atoms with Crippen LogP contribution in [0.25, 0.3) is 0 Å². The van der Waals surface area contributed by atoms with E-state index in [0.717, 1.165) is 55.7 Å². The third-order valence-corrected chi connectivity index (χ3v) is 4.95. The monoisotopic (exact) mass is 492 g/mol. The van der Waals surface area contributed by atoms with E-state index in [9.17, 15) is 0 Å². The maximum atomic E-state index is 6.15. The van der Waals surface area contributed by atoms with Crippen molar-refractivity contribution in [3.63, 3.8) is 0 Å². The van der Waals surface area contributed by atoms with Crippen LogP contribution in [0.3, 0.4) is 0 Å². The lowest BCUT2D eigenvalue weighted by Gasteiger charge is -2.26. The van der Waals surface area contributed by atoms with Crippen molar-refractivity contribution in [3.05, 3.63) is 97.6 Å². The van der Waals surface area contributed by atoms with Crippen molar-refractivity contribution in [1.29, 1.82) is 0 Å². The molecule has 0 radical (unpaired) electrons. The van der Waals surface area contributed by atoms with E-state index >= 15 is 0 Å². The summed E-state index contributed by atoms with van der Waals surface area (Å²) in [6.45, 7) is 29.0. The molecule has 0 amide bonds. The van der Waals surface area contributed by atoms with Crippen molar-refractivity contribution >= 4 is 12.4 Å². The maximum Gasteiger partial charge on any atom is 0.128 e. The lowest BCUT2D eigenvalue weighted by atomic mass is 10.1. The third kappa shape index (κ3) is 15.7. The van der Waals surface area contributed by atoms with Gasteiger partial charge in [-0.2, -0.15) is 0 Å². The average molecular weight is 493 g/mol. The molecular weight excluding hydrogens is 444 g/mol. The summed E-state index contributed by atoms with van der Waals surface area (Å²) in [7, 11) is 0. The molecule has 0 aliphatic heterocycles. The summed E-state index contributed by atoms with van der Waals surface area (Å²) in [5.74, 6) is 1.43. The quantitative estimate of drug-likeness (QED) is 0.0831. The molecule has 0 aromatic heterocycles. The molecule has 0 aromatic carbocycles. The zero-order valence-corrected chi connectivity index (χ0v) is 23.6. The predicted octanol–water partition coefficient (Wildman–Crippen LogP) is 8.68. The van der Waals surface area contributed by atoms with Gasteiger partial charge >= 0.3 is 0 Å². The average Bonchev–Trinajstić information content (AvgIpc) is 2.83. The summed E-state index contributed by atoms with van der Waals surface area (Å²) in [4.78, 5) is 9.20. The first-order valence-electron chi connectivity index (χ1n) is 12.7. The fraction of sp³-hybridized carbons (Fsp3) is 0.438. The fourth-order valence-electron chi connectivity index (χ4n) is 2.77. The number of nitrogens with zero attached hydrogens (tertiary/aromatic N) is 2. The molecule has 0 spiro atoms. The second-order valence-electron chi connectivity index (χ2n) is 9.80. The smallest absolute Gasteiger partial charge is 0.128 e. The van der Waals surface area contributed by atoms with Gasteiger partial charge in [0.1, 0.15) is 22.7 Å². The lowest BCUT2D eigenvalue weighted by molar-refractivity contribution is 0.0382. The van der Waals surface area contributed by atoms with Crippen molar-refractivity contribution in [1.82, 2.24) is 0 Å². The summed E-state index contributed by atoms with van der Waals surface area (Å²) in [5.41, 5.74) is 1.18. The SMILES string of the molecule is C=C/C=C\C(C=NCCCCCN=CC(/C=C\C=C)=C(/C=C)OC(C)(C)CC)=C(/C=C)OC(C)(C)C. The van der Waals surface area contributed by atoms with Crippen LogP contribution in [0, 0.1) is 0 Å². The molecular formula is C32H48N2O2. The van der Waals surface area contributed by atoms with Crippen LogP contribution >= 0.6 is 0 Å². The molecule has 0 saturated carbocycles. The number of aliphatic imine (C=N–C) groups is 2. The largest absolute Gasteiger partial charge is 0.487 e. The number of ether oxygens (including phenoxy) is 2. The standard InChI is InChI=1S/C32H48N2O2/c1-11-16-21-27(29(13-3)35-31(6,7)8)25-33-23-19-18-20-24-34-26-28(22-17-12-2)30(14-4)36-32(9,10)15-5/h11-14,16-17,21-22,25-26H,1-4,15,18-20,23-24H2,5-10H3/b21-16-,22-17-,29-27-,30-28-,33-25?,34-26?. The van der Waals surface area contributed by atoms with Gasteiger partial charge in [0.15, 0.2) is 0 Å². The van der Waals surface area contributed by atoms with Crippen LogP contribution in [-0.4, -0.2) is 36.7 Å². The molecule has 0 aliphatic carbocycles. The van der Waals surface area contributed by atoms with E-state index in [4.69, 9.17) is 9.47 Å². The Bertz CT molecular complexity index is 888. The van der Waals surface area contributed by atoms with Gasteiger partial charge in [-0.25, -0.2) is 0 Å². The van der Waals surface area contributed by atoms with Crippen LogP contribution in [0.4, 0.5) is 0 Å². The summed E-state index contributed by atoms with van der Waals surface area (Å²) in [5, 5.41) is 0. The minimum Gasteiger partial charge on any atom is -0.487 e. The Kier molecular flexibility index (Phi) is 16.6. The first-order valence-corrected chi connectivity index (χ1v) is 12.7. The van der Waals surface area contributed by atoms with Gasteiger partial charge in [0, 0.05) is 36.7 Å². The highest BCUT2D eigenvalue weighted by Gasteiger charge is 2.18. The van der Waals surface area contributed by atoms with Crippen molar-refractivity contribution in [2.75, 3.05) is 13.1 Å².